The highest BCUT2D eigenvalue weighted by molar-refractivity contribution is 6.30. The molecule has 2 aromatic carbocycles. The Bertz CT molecular complexity index is 1370. The minimum absolute atomic E-state index is 0.107. The number of hydrogen-bond donors (Lipinski definition) is 7. The molecule has 0 unspecified atom stereocenters. The van der Waals surface area contributed by atoms with E-state index in [4.69, 9.17) is 33.8 Å². The Labute approximate surface area is 242 Å². The van der Waals surface area contributed by atoms with Crippen LogP contribution in [0, 0.1) is 5.92 Å². The van der Waals surface area contributed by atoms with Crippen molar-refractivity contribution in [3.05, 3.63) is 53.1 Å². The third-order valence-corrected chi connectivity index (χ3v) is 7.55. The highest BCUT2D eigenvalue weighted by Crippen LogP contribution is 2.30. The molecule has 3 heterocycles. The lowest BCUT2D eigenvalue weighted by Gasteiger charge is -2.37. The average molecular weight is 583 g/mol. The van der Waals surface area contributed by atoms with Gasteiger partial charge in [-0.25, -0.2) is 0 Å². The molecule has 2 fully saturated rings. The number of phenols is 1. The number of benzene rings is 2. The molecule has 13 nitrogen and oxygen atoms in total. The van der Waals surface area contributed by atoms with Crippen molar-refractivity contribution in [2.75, 3.05) is 53.2 Å². The number of anilines is 5. The molecule has 3 aromatic rings. The number of piperidine rings is 2. The Morgan fingerprint density at radius 3 is 2.34 bits per heavy atom. The Balaban J connectivity index is 1.39. The van der Waals surface area contributed by atoms with Gasteiger partial charge >= 0.3 is 0 Å². The molecule has 1 amide bonds. The molecular formula is C27H35ClN10O3. The fourth-order valence-electron chi connectivity index (χ4n) is 5.11. The van der Waals surface area contributed by atoms with Crippen LogP contribution in [0.4, 0.5) is 29.2 Å². The quantitative estimate of drug-likeness (QED) is 0.196. The largest absolute Gasteiger partial charge is 0.506 e. The van der Waals surface area contributed by atoms with Crippen LogP contribution in [-0.2, 0) is 0 Å². The number of carbonyl (C=O) groups excluding carboxylic acids is 1. The molecule has 4 atom stereocenters. The maximum absolute atomic E-state index is 12.6. The Kier molecular flexibility index (Phi) is 8.71. The van der Waals surface area contributed by atoms with Gasteiger partial charge in [0, 0.05) is 66.5 Å². The highest BCUT2D eigenvalue weighted by Gasteiger charge is 2.30. The third-order valence-electron chi connectivity index (χ3n) is 7.30. The van der Waals surface area contributed by atoms with Crippen molar-refractivity contribution >= 4 is 46.7 Å². The molecule has 10 N–H and O–H groups in total. The van der Waals surface area contributed by atoms with Gasteiger partial charge in [0.2, 0.25) is 17.8 Å². The number of nitrogens with zero attached hydrogens (tertiary/aromatic N) is 5. The molecule has 0 saturated carbocycles. The van der Waals surface area contributed by atoms with Gasteiger partial charge in [-0.3, -0.25) is 4.79 Å². The summed E-state index contributed by atoms with van der Waals surface area (Å²) in [7, 11) is 0. The van der Waals surface area contributed by atoms with Gasteiger partial charge in [0.1, 0.15) is 5.75 Å². The lowest BCUT2D eigenvalue weighted by molar-refractivity contribution is 0.0917. The molecule has 0 bridgehead atoms. The average Bonchev–Trinajstić information content (AvgIpc) is 2.94. The van der Waals surface area contributed by atoms with Crippen LogP contribution in [0.2, 0.25) is 5.02 Å². The van der Waals surface area contributed by atoms with E-state index in [0.717, 1.165) is 0 Å². The first-order chi connectivity index (χ1) is 19.7. The predicted octanol–water partition coefficient (Wildman–Crippen LogP) is 1.24. The molecule has 2 aliphatic heterocycles. The lowest BCUT2D eigenvalue weighted by atomic mass is 9.95. The van der Waals surface area contributed by atoms with E-state index in [-0.39, 0.29) is 41.3 Å². The molecule has 0 spiro atoms. The minimum atomic E-state index is -0.477. The number of rotatable bonds is 7. The molecule has 2 aliphatic rings. The number of nitrogens with two attached hydrogens (primary N) is 3. The molecule has 41 heavy (non-hydrogen) atoms. The van der Waals surface area contributed by atoms with Crippen molar-refractivity contribution < 1.29 is 15.0 Å². The second kappa shape index (κ2) is 12.4. The van der Waals surface area contributed by atoms with Crippen molar-refractivity contribution in [2.45, 2.75) is 31.0 Å². The Hall–Kier alpha value is -3.75. The minimum Gasteiger partial charge on any atom is -0.506 e. The Morgan fingerprint density at radius 2 is 1.68 bits per heavy atom. The summed E-state index contributed by atoms with van der Waals surface area (Å²) in [6.07, 6.45) is 0.777. The van der Waals surface area contributed by atoms with Gasteiger partial charge in [-0.15, -0.1) is 0 Å². The van der Waals surface area contributed by atoms with E-state index in [0.29, 0.717) is 73.7 Å². The monoisotopic (exact) mass is 582 g/mol. The normalized spacial score (nSPS) is 22.9. The fraction of sp³-hybridized carbons (Fsp3) is 0.407. The number of amides is 1. The third kappa shape index (κ3) is 6.94. The second-order valence-electron chi connectivity index (χ2n) is 10.5. The zero-order chi connectivity index (χ0) is 29.1. The summed E-state index contributed by atoms with van der Waals surface area (Å²) in [5, 5.41) is 27.3. The van der Waals surface area contributed by atoms with E-state index in [9.17, 15) is 15.0 Å². The predicted molar refractivity (Wildman–Crippen MR) is 159 cm³/mol. The van der Waals surface area contributed by atoms with Crippen LogP contribution in [0.1, 0.15) is 23.2 Å². The number of phenolic OH excluding ortho intramolecular Hbond substituents is 1. The van der Waals surface area contributed by atoms with Crippen LogP contribution in [0.3, 0.4) is 0 Å². The zero-order valence-corrected chi connectivity index (χ0v) is 23.2. The maximum atomic E-state index is 12.6. The van der Waals surface area contributed by atoms with E-state index >= 15 is 0 Å². The van der Waals surface area contributed by atoms with Crippen LogP contribution in [-0.4, -0.2) is 82.0 Å². The lowest BCUT2D eigenvalue weighted by Crippen LogP contribution is -2.53. The molecule has 1 aromatic heterocycles. The van der Waals surface area contributed by atoms with Crippen LogP contribution >= 0.6 is 11.6 Å². The number of hydrogen-bond acceptors (Lipinski definition) is 12. The molecule has 5 rings (SSSR count). The number of aromatic hydroxyl groups is 1. The van der Waals surface area contributed by atoms with Gasteiger partial charge in [0.25, 0.3) is 5.91 Å². The highest BCUT2D eigenvalue weighted by atomic mass is 35.5. The molecule has 0 radical (unpaired) electrons. The number of aliphatic hydroxyl groups is 1. The smallest absolute Gasteiger partial charge is 0.255 e. The fourth-order valence-corrected chi connectivity index (χ4v) is 5.23. The summed E-state index contributed by atoms with van der Waals surface area (Å²) in [6.45, 7) is 2.49. The number of aromatic nitrogens is 3. The van der Waals surface area contributed by atoms with Gasteiger partial charge in [0.15, 0.2) is 0 Å². The summed E-state index contributed by atoms with van der Waals surface area (Å²) >= 11 is 5.90. The topological polar surface area (TPSA) is 205 Å². The maximum Gasteiger partial charge on any atom is 0.255 e. The number of nitrogens with one attached hydrogen (secondary N) is 2. The standard InChI is InChI=1S/C27H35ClN10O3/c28-17-3-1-15(2-4-17)24(41)33-21-6-5-20(10-23(21)40)32-25-34-26(37-8-7-22(39)16(11-29)12-37)36-27(35-25)38-13-18(30)9-19(31)14-38/h1-6,10,16,18-19,22,39-40H,7-9,11-14,29-31H2,(H,33,41)(H,32,34,35,36)/t16-,18-,19+,22+/m0/s1. The summed E-state index contributed by atoms with van der Waals surface area (Å²) in [5.74, 6) is 0.483. The van der Waals surface area contributed by atoms with Crippen LogP contribution in [0.15, 0.2) is 42.5 Å². The van der Waals surface area contributed by atoms with Crippen LogP contribution in [0.25, 0.3) is 0 Å². The van der Waals surface area contributed by atoms with E-state index in [2.05, 4.69) is 20.6 Å². The summed E-state index contributed by atoms with van der Waals surface area (Å²) in [5.41, 5.74) is 19.5. The molecule has 2 saturated heterocycles. The first-order valence-corrected chi connectivity index (χ1v) is 13.9. The van der Waals surface area contributed by atoms with Gasteiger partial charge < -0.3 is 47.8 Å². The SMILES string of the molecule is NC[C@H]1CN(c2nc(Nc3ccc(NC(=O)c4ccc(Cl)cc4)c(O)c3)nc(N3C[C@H](N)C[C@H](N)C3)n2)CC[C@H]1O. The first kappa shape index (κ1) is 28.8. The summed E-state index contributed by atoms with van der Waals surface area (Å²) in [6, 6.07) is 10.9. The van der Waals surface area contributed by atoms with E-state index in [1.54, 1.807) is 36.4 Å². The number of aliphatic hydroxyl groups excluding tert-OH is 1. The summed E-state index contributed by atoms with van der Waals surface area (Å²) in [4.78, 5) is 30.5. The van der Waals surface area contributed by atoms with Gasteiger partial charge in [-0.1, -0.05) is 11.6 Å². The van der Waals surface area contributed by atoms with Crippen molar-refractivity contribution in [3.63, 3.8) is 0 Å². The van der Waals surface area contributed by atoms with E-state index in [1.807, 2.05) is 9.80 Å². The van der Waals surface area contributed by atoms with Crippen molar-refractivity contribution in [2.24, 2.45) is 23.1 Å². The van der Waals surface area contributed by atoms with Crippen molar-refractivity contribution in [1.29, 1.82) is 0 Å². The van der Waals surface area contributed by atoms with Crippen LogP contribution < -0.4 is 37.6 Å². The molecule has 0 aliphatic carbocycles. The first-order valence-electron chi connectivity index (χ1n) is 13.5. The summed E-state index contributed by atoms with van der Waals surface area (Å²) < 4.78 is 0. The second-order valence-corrected chi connectivity index (χ2v) is 11.0. The van der Waals surface area contributed by atoms with Gasteiger partial charge in [-0.2, -0.15) is 15.0 Å². The molecule has 14 heteroatoms. The molecule has 218 valence electrons. The number of carbonyl (C=O) groups is 1. The van der Waals surface area contributed by atoms with Crippen molar-refractivity contribution in [1.82, 2.24) is 15.0 Å². The molecular weight excluding hydrogens is 548 g/mol. The number of halogens is 1. The van der Waals surface area contributed by atoms with Crippen molar-refractivity contribution in [3.8, 4) is 5.75 Å². The van der Waals surface area contributed by atoms with E-state index < -0.39 is 6.10 Å². The Morgan fingerprint density at radius 1 is 1.00 bits per heavy atom. The van der Waals surface area contributed by atoms with Crippen LogP contribution in [0.5, 0.6) is 5.75 Å². The van der Waals surface area contributed by atoms with E-state index in [1.165, 1.54) is 6.07 Å². The zero-order valence-electron chi connectivity index (χ0n) is 22.4. The van der Waals surface area contributed by atoms with Gasteiger partial charge in [-0.05, 0) is 55.8 Å². The van der Waals surface area contributed by atoms with Gasteiger partial charge in [0.05, 0.1) is 11.8 Å².